The zero-order chi connectivity index (χ0) is 12.3. The van der Waals surface area contributed by atoms with Gasteiger partial charge >= 0.3 is 0 Å². The Kier molecular flexibility index (Phi) is 8.61. The zero-order valence-corrected chi connectivity index (χ0v) is 11.3. The van der Waals surface area contributed by atoms with E-state index in [4.69, 9.17) is 14.2 Å². The molecule has 0 N–H and O–H groups in total. The number of rotatable bonds is 9. The van der Waals surface area contributed by atoms with Crippen LogP contribution in [0.25, 0.3) is 0 Å². The van der Waals surface area contributed by atoms with Gasteiger partial charge in [-0.3, -0.25) is 4.90 Å². The first kappa shape index (κ1) is 14.9. The van der Waals surface area contributed by atoms with Crippen molar-refractivity contribution < 1.29 is 14.2 Å². The predicted octanol–water partition coefficient (Wildman–Crippen LogP) is 1.54. The highest BCUT2D eigenvalue weighted by molar-refractivity contribution is 4.74. The molecule has 1 atom stereocenters. The molecule has 1 fully saturated rings. The van der Waals surface area contributed by atoms with Crippen LogP contribution >= 0.6 is 0 Å². The molecular weight excluding hydrogens is 218 g/mol. The smallest absolute Gasteiger partial charge is 0.0700 e. The van der Waals surface area contributed by atoms with E-state index in [9.17, 15) is 0 Å². The molecule has 1 unspecified atom stereocenters. The molecule has 17 heavy (non-hydrogen) atoms. The predicted molar refractivity (Wildman–Crippen MR) is 68.4 cm³/mol. The van der Waals surface area contributed by atoms with Crippen LogP contribution in [0.4, 0.5) is 0 Å². The SMILES string of the molecule is CCCCC1COCCN1CCOCCOC. The van der Waals surface area contributed by atoms with Crippen LogP contribution in [0.3, 0.4) is 0 Å². The maximum Gasteiger partial charge on any atom is 0.0700 e. The lowest BCUT2D eigenvalue weighted by Crippen LogP contribution is -2.46. The molecule has 0 radical (unpaired) electrons. The number of nitrogens with zero attached hydrogens (tertiary/aromatic N) is 1. The number of morpholine rings is 1. The van der Waals surface area contributed by atoms with Gasteiger partial charge in [-0.05, 0) is 6.42 Å². The van der Waals surface area contributed by atoms with E-state index in [2.05, 4.69) is 11.8 Å². The lowest BCUT2D eigenvalue weighted by Gasteiger charge is -2.35. The van der Waals surface area contributed by atoms with Gasteiger partial charge in [0.2, 0.25) is 0 Å². The Morgan fingerprint density at radius 1 is 1.29 bits per heavy atom. The fourth-order valence-electron chi connectivity index (χ4n) is 2.12. The van der Waals surface area contributed by atoms with Crippen molar-refractivity contribution in [1.29, 1.82) is 0 Å². The fourth-order valence-corrected chi connectivity index (χ4v) is 2.12. The maximum atomic E-state index is 5.55. The largest absolute Gasteiger partial charge is 0.382 e. The third kappa shape index (κ3) is 6.36. The second-order valence-corrected chi connectivity index (χ2v) is 4.51. The molecular formula is C13H27NO3. The van der Waals surface area contributed by atoms with Gasteiger partial charge in [-0.15, -0.1) is 0 Å². The van der Waals surface area contributed by atoms with Crippen LogP contribution in [0.5, 0.6) is 0 Å². The quantitative estimate of drug-likeness (QED) is 0.577. The van der Waals surface area contributed by atoms with E-state index in [0.717, 1.165) is 32.9 Å². The fraction of sp³-hybridized carbons (Fsp3) is 1.00. The summed E-state index contributed by atoms with van der Waals surface area (Å²) in [4.78, 5) is 2.51. The molecule has 4 nitrogen and oxygen atoms in total. The summed E-state index contributed by atoms with van der Waals surface area (Å²) >= 11 is 0. The summed E-state index contributed by atoms with van der Waals surface area (Å²) in [5.41, 5.74) is 0. The first-order valence-corrected chi connectivity index (χ1v) is 6.77. The zero-order valence-electron chi connectivity index (χ0n) is 11.3. The van der Waals surface area contributed by atoms with Crippen molar-refractivity contribution in [2.45, 2.75) is 32.2 Å². The summed E-state index contributed by atoms with van der Waals surface area (Å²) in [5.74, 6) is 0. The molecule has 1 heterocycles. The first-order chi connectivity index (χ1) is 8.38. The minimum atomic E-state index is 0.592. The average Bonchev–Trinajstić information content (AvgIpc) is 2.37. The lowest BCUT2D eigenvalue weighted by atomic mass is 10.1. The van der Waals surface area contributed by atoms with Gasteiger partial charge in [-0.2, -0.15) is 0 Å². The molecule has 1 saturated heterocycles. The van der Waals surface area contributed by atoms with Crippen LogP contribution in [0, 0.1) is 0 Å². The van der Waals surface area contributed by atoms with Gasteiger partial charge in [0.15, 0.2) is 0 Å². The van der Waals surface area contributed by atoms with Crippen molar-refractivity contribution in [2.24, 2.45) is 0 Å². The summed E-state index contributed by atoms with van der Waals surface area (Å²) in [5, 5.41) is 0. The average molecular weight is 245 g/mol. The van der Waals surface area contributed by atoms with E-state index in [-0.39, 0.29) is 0 Å². The number of hydrogen-bond acceptors (Lipinski definition) is 4. The normalized spacial score (nSPS) is 21.9. The van der Waals surface area contributed by atoms with Gasteiger partial charge in [0.05, 0.1) is 33.0 Å². The van der Waals surface area contributed by atoms with Crippen molar-refractivity contribution in [1.82, 2.24) is 4.90 Å². The molecule has 1 aliphatic rings. The molecule has 4 heteroatoms. The summed E-state index contributed by atoms with van der Waals surface area (Å²) < 4.78 is 16.0. The summed E-state index contributed by atoms with van der Waals surface area (Å²) in [6.45, 7) is 8.22. The summed E-state index contributed by atoms with van der Waals surface area (Å²) in [6.07, 6.45) is 3.79. The second-order valence-electron chi connectivity index (χ2n) is 4.51. The molecule has 0 aromatic rings. The Labute approximate surface area is 105 Å². The van der Waals surface area contributed by atoms with Crippen LogP contribution in [-0.2, 0) is 14.2 Å². The van der Waals surface area contributed by atoms with Crippen molar-refractivity contribution in [2.75, 3.05) is 53.2 Å². The molecule has 102 valence electrons. The van der Waals surface area contributed by atoms with Crippen molar-refractivity contribution in [3.8, 4) is 0 Å². The highest BCUT2D eigenvalue weighted by atomic mass is 16.5. The molecule has 0 aromatic carbocycles. The maximum absolute atomic E-state index is 5.55. The van der Waals surface area contributed by atoms with Gasteiger partial charge in [-0.1, -0.05) is 19.8 Å². The Morgan fingerprint density at radius 2 is 2.18 bits per heavy atom. The van der Waals surface area contributed by atoms with Gasteiger partial charge in [0, 0.05) is 26.2 Å². The van der Waals surface area contributed by atoms with E-state index in [1.807, 2.05) is 0 Å². The monoisotopic (exact) mass is 245 g/mol. The van der Waals surface area contributed by atoms with Crippen LogP contribution in [0.15, 0.2) is 0 Å². The van der Waals surface area contributed by atoms with Crippen molar-refractivity contribution in [3.63, 3.8) is 0 Å². The van der Waals surface area contributed by atoms with E-state index in [0.29, 0.717) is 19.3 Å². The number of unbranched alkanes of at least 4 members (excludes halogenated alkanes) is 1. The summed E-state index contributed by atoms with van der Waals surface area (Å²) in [6, 6.07) is 0.592. The third-order valence-corrected chi connectivity index (χ3v) is 3.20. The highest BCUT2D eigenvalue weighted by Gasteiger charge is 2.21. The van der Waals surface area contributed by atoms with Gasteiger partial charge in [0.1, 0.15) is 0 Å². The van der Waals surface area contributed by atoms with E-state index < -0.39 is 0 Å². The van der Waals surface area contributed by atoms with Crippen molar-refractivity contribution >= 4 is 0 Å². The topological polar surface area (TPSA) is 30.9 Å². The van der Waals surface area contributed by atoms with E-state index in [1.165, 1.54) is 19.3 Å². The Morgan fingerprint density at radius 3 is 2.94 bits per heavy atom. The Bertz CT molecular complexity index is 178. The van der Waals surface area contributed by atoms with E-state index >= 15 is 0 Å². The highest BCUT2D eigenvalue weighted by Crippen LogP contribution is 2.13. The standard InChI is InChI=1S/C13H27NO3/c1-3-4-5-13-12-17-9-7-14(13)6-8-16-11-10-15-2/h13H,3-12H2,1-2H3. The van der Waals surface area contributed by atoms with E-state index in [1.54, 1.807) is 7.11 Å². The molecule has 0 spiro atoms. The Hall–Kier alpha value is -0.160. The number of methoxy groups -OCH3 is 1. The molecule has 0 amide bonds. The second kappa shape index (κ2) is 9.83. The van der Waals surface area contributed by atoms with Crippen LogP contribution in [0.1, 0.15) is 26.2 Å². The lowest BCUT2D eigenvalue weighted by molar-refractivity contribution is -0.0265. The van der Waals surface area contributed by atoms with Crippen LogP contribution in [-0.4, -0.2) is 64.2 Å². The first-order valence-electron chi connectivity index (χ1n) is 6.77. The van der Waals surface area contributed by atoms with Gasteiger partial charge in [-0.25, -0.2) is 0 Å². The number of ether oxygens (including phenoxy) is 3. The van der Waals surface area contributed by atoms with Crippen LogP contribution < -0.4 is 0 Å². The molecule has 0 bridgehead atoms. The molecule has 1 rings (SSSR count). The van der Waals surface area contributed by atoms with Gasteiger partial charge < -0.3 is 14.2 Å². The number of hydrogen-bond donors (Lipinski definition) is 0. The summed E-state index contributed by atoms with van der Waals surface area (Å²) in [7, 11) is 1.70. The van der Waals surface area contributed by atoms with Gasteiger partial charge in [0.25, 0.3) is 0 Å². The minimum absolute atomic E-state index is 0.592. The van der Waals surface area contributed by atoms with Crippen LogP contribution in [0.2, 0.25) is 0 Å². The molecule has 0 aliphatic carbocycles. The third-order valence-electron chi connectivity index (χ3n) is 3.20. The molecule has 0 saturated carbocycles. The minimum Gasteiger partial charge on any atom is -0.382 e. The van der Waals surface area contributed by atoms with Crippen molar-refractivity contribution in [3.05, 3.63) is 0 Å². The Balaban J connectivity index is 2.13. The molecule has 0 aromatic heterocycles. The molecule has 1 aliphatic heterocycles.